The molecule has 3 amide bonds. The largest absolute Gasteiger partial charge is 0.494 e. The van der Waals surface area contributed by atoms with Crippen LogP contribution in [0.5, 0.6) is 5.75 Å². The molecule has 0 radical (unpaired) electrons. The van der Waals surface area contributed by atoms with Gasteiger partial charge in [0, 0.05) is 0 Å². The SMILES string of the molecule is CCOc1ccc([C@@]2(C)NC(=O)N(Cc3ccc(C#N)cc3)C2=O)cc1. The molecule has 3 rings (SSSR count). The number of hydrogen-bond acceptors (Lipinski definition) is 4. The molecule has 0 unspecified atom stereocenters. The molecule has 132 valence electrons. The first-order valence-corrected chi connectivity index (χ1v) is 8.34. The monoisotopic (exact) mass is 349 g/mol. The molecule has 2 aromatic carbocycles. The Kier molecular flexibility index (Phi) is 4.63. The summed E-state index contributed by atoms with van der Waals surface area (Å²) in [6.07, 6.45) is 0. The molecule has 2 aromatic rings. The second-order valence-electron chi connectivity index (χ2n) is 6.21. The molecular weight excluding hydrogens is 330 g/mol. The molecule has 0 spiro atoms. The summed E-state index contributed by atoms with van der Waals surface area (Å²) >= 11 is 0. The van der Waals surface area contributed by atoms with Gasteiger partial charge in [0.2, 0.25) is 0 Å². The number of nitrogens with zero attached hydrogens (tertiary/aromatic N) is 2. The van der Waals surface area contributed by atoms with E-state index in [-0.39, 0.29) is 12.5 Å². The van der Waals surface area contributed by atoms with Gasteiger partial charge in [-0.2, -0.15) is 5.26 Å². The number of amides is 3. The number of nitriles is 1. The summed E-state index contributed by atoms with van der Waals surface area (Å²) in [5.41, 5.74) is 0.893. The number of carbonyl (C=O) groups excluding carboxylic acids is 2. The maximum absolute atomic E-state index is 12.9. The third kappa shape index (κ3) is 3.11. The van der Waals surface area contributed by atoms with Crippen LogP contribution in [0.1, 0.15) is 30.5 Å². The molecular formula is C20H19N3O3. The zero-order valence-corrected chi connectivity index (χ0v) is 14.7. The number of urea groups is 1. The summed E-state index contributed by atoms with van der Waals surface area (Å²) in [6, 6.07) is 15.6. The van der Waals surface area contributed by atoms with E-state index in [0.29, 0.717) is 23.5 Å². The molecule has 0 bridgehead atoms. The summed E-state index contributed by atoms with van der Waals surface area (Å²) in [5.74, 6) is 0.405. The highest BCUT2D eigenvalue weighted by atomic mass is 16.5. The lowest BCUT2D eigenvalue weighted by Gasteiger charge is -2.22. The van der Waals surface area contributed by atoms with Gasteiger partial charge >= 0.3 is 6.03 Å². The average Bonchev–Trinajstić information content (AvgIpc) is 2.87. The fourth-order valence-electron chi connectivity index (χ4n) is 2.95. The summed E-state index contributed by atoms with van der Waals surface area (Å²) in [4.78, 5) is 26.5. The standard InChI is InChI=1S/C20H19N3O3/c1-3-26-17-10-8-16(9-11-17)20(2)18(24)23(19(25)22-20)13-15-6-4-14(12-21)5-7-15/h4-11H,3,13H2,1-2H3,(H,22,25)/t20-/m1/s1. The lowest BCUT2D eigenvalue weighted by molar-refractivity contribution is -0.131. The van der Waals surface area contributed by atoms with Crippen molar-refractivity contribution < 1.29 is 14.3 Å². The molecule has 26 heavy (non-hydrogen) atoms. The number of hydrogen-bond donors (Lipinski definition) is 1. The van der Waals surface area contributed by atoms with E-state index in [4.69, 9.17) is 10.00 Å². The summed E-state index contributed by atoms with van der Waals surface area (Å²) in [7, 11) is 0. The van der Waals surface area contributed by atoms with E-state index in [0.717, 1.165) is 5.56 Å². The van der Waals surface area contributed by atoms with Gasteiger partial charge in [-0.1, -0.05) is 24.3 Å². The van der Waals surface area contributed by atoms with E-state index < -0.39 is 11.6 Å². The van der Waals surface area contributed by atoms with Crippen molar-refractivity contribution in [2.75, 3.05) is 6.61 Å². The molecule has 1 heterocycles. The van der Waals surface area contributed by atoms with Crippen LogP contribution in [0.4, 0.5) is 4.79 Å². The fourth-order valence-corrected chi connectivity index (χ4v) is 2.95. The minimum Gasteiger partial charge on any atom is -0.494 e. The molecule has 6 heteroatoms. The number of rotatable bonds is 5. The van der Waals surface area contributed by atoms with E-state index in [1.54, 1.807) is 55.5 Å². The topological polar surface area (TPSA) is 82.4 Å². The smallest absolute Gasteiger partial charge is 0.325 e. The highest BCUT2D eigenvalue weighted by molar-refractivity contribution is 6.07. The fraction of sp³-hybridized carbons (Fsp3) is 0.250. The van der Waals surface area contributed by atoms with Gasteiger partial charge in [0.25, 0.3) is 5.91 Å². The van der Waals surface area contributed by atoms with Crippen molar-refractivity contribution in [2.45, 2.75) is 25.9 Å². The first kappa shape index (κ1) is 17.5. The van der Waals surface area contributed by atoms with Crippen LogP contribution in [0.25, 0.3) is 0 Å². The minimum absolute atomic E-state index is 0.156. The van der Waals surface area contributed by atoms with Crippen LogP contribution in [0.3, 0.4) is 0 Å². The van der Waals surface area contributed by atoms with Crippen LogP contribution >= 0.6 is 0 Å². The van der Waals surface area contributed by atoms with Crippen LogP contribution in [-0.2, 0) is 16.9 Å². The second-order valence-corrected chi connectivity index (χ2v) is 6.21. The Labute approximate surface area is 152 Å². The van der Waals surface area contributed by atoms with Crippen molar-refractivity contribution in [1.29, 1.82) is 5.26 Å². The predicted octanol–water partition coefficient (Wildman–Crippen LogP) is 2.92. The third-order valence-electron chi connectivity index (χ3n) is 4.44. The predicted molar refractivity (Wildman–Crippen MR) is 95.2 cm³/mol. The number of benzene rings is 2. The lowest BCUT2D eigenvalue weighted by Crippen LogP contribution is -2.40. The molecule has 0 aliphatic carbocycles. The van der Waals surface area contributed by atoms with Gasteiger partial charge in [0.1, 0.15) is 11.3 Å². The number of nitrogens with one attached hydrogen (secondary N) is 1. The Hall–Kier alpha value is -3.33. The minimum atomic E-state index is -1.12. The summed E-state index contributed by atoms with van der Waals surface area (Å²) < 4.78 is 5.42. The number of imide groups is 1. The second kappa shape index (κ2) is 6.89. The van der Waals surface area contributed by atoms with E-state index >= 15 is 0 Å². The molecule has 1 atom stereocenters. The van der Waals surface area contributed by atoms with Gasteiger partial charge in [-0.25, -0.2) is 4.79 Å². The molecule has 1 aliphatic rings. The summed E-state index contributed by atoms with van der Waals surface area (Å²) in [6.45, 7) is 4.31. The highest BCUT2D eigenvalue weighted by Gasteiger charge is 2.48. The van der Waals surface area contributed by atoms with Crippen molar-refractivity contribution in [3.8, 4) is 11.8 Å². The van der Waals surface area contributed by atoms with Crippen LogP contribution in [0.2, 0.25) is 0 Å². The first-order valence-electron chi connectivity index (χ1n) is 8.34. The van der Waals surface area contributed by atoms with E-state index in [9.17, 15) is 9.59 Å². The van der Waals surface area contributed by atoms with Crippen molar-refractivity contribution >= 4 is 11.9 Å². The molecule has 1 fully saturated rings. The highest BCUT2D eigenvalue weighted by Crippen LogP contribution is 2.31. The Morgan fingerprint density at radius 1 is 1.12 bits per heavy atom. The van der Waals surface area contributed by atoms with Crippen LogP contribution in [0, 0.1) is 11.3 Å². The van der Waals surface area contributed by atoms with Crippen molar-refractivity contribution in [3.63, 3.8) is 0 Å². The summed E-state index contributed by atoms with van der Waals surface area (Å²) in [5, 5.41) is 11.6. The lowest BCUT2D eigenvalue weighted by atomic mass is 9.92. The van der Waals surface area contributed by atoms with Crippen LogP contribution in [-0.4, -0.2) is 23.4 Å². The first-order chi connectivity index (χ1) is 12.5. The Morgan fingerprint density at radius 2 is 1.77 bits per heavy atom. The zero-order chi connectivity index (χ0) is 18.7. The van der Waals surface area contributed by atoms with Gasteiger partial charge in [-0.3, -0.25) is 9.69 Å². The van der Waals surface area contributed by atoms with Gasteiger partial charge in [-0.15, -0.1) is 0 Å². The Balaban J connectivity index is 1.81. The molecule has 1 N–H and O–H groups in total. The molecule has 1 saturated heterocycles. The van der Waals surface area contributed by atoms with E-state index in [1.807, 2.05) is 13.0 Å². The maximum atomic E-state index is 12.9. The van der Waals surface area contributed by atoms with Gasteiger partial charge in [-0.05, 0) is 49.2 Å². The molecule has 0 saturated carbocycles. The number of carbonyl (C=O) groups is 2. The van der Waals surface area contributed by atoms with Gasteiger partial charge in [0.15, 0.2) is 0 Å². The van der Waals surface area contributed by atoms with E-state index in [2.05, 4.69) is 5.32 Å². The van der Waals surface area contributed by atoms with Crippen molar-refractivity contribution in [1.82, 2.24) is 10.2 Å². The average molecular weight is 349 g/mol. The maximum Gasteiger partial charge on any atom is 0.325 e. The number of ether oxygens (including phenoxy) is 1. The van der Waals surface area contributed by atoms with E-state index in [1.165, 1.54) is 4.90 Å². The molecule has 0 aromatic heterocycles. The van der Waals surface area contributed by atoms with Crippen molar-refractivity contribution in [2.24, 2.45) is 0 Å². The van der Waals surface area contributed by atoms with Crippen LogP contribution < -0.4 is 10.1 Å². The molecule has 1 aliphatic heterocycles. The normalized spacial score (nSPS) is 19.2. The Bertz CT molecular complexity index is 869. The molecule has 6 nitrogen and oxygen atoms in total. The van der Waals surface area contributed by atoms with Crippen LogP contribution in [0.15, 0.2) is 48.5 Å². The Morgan fingerprint density at radius 3 is 2.35 bits per heavy atom. The van der Waals surface area contributed by atoms with Gasteiger partial charge in [0.05, 0.1) is 24.8 Å². The zero-order valence-electron chi connectivity index (χ0n) is 14.7. The van der Waals surface area contributed by atoms with Crippen molar-refractivity contribution in [3.05, 3.63) is 65.2 Å². The third-order valence-corrected chi connectivity index (χ3v) is 4.44. The quantitative estimate of drug-likeness (QED) is 0.842. The van der Waals surface area contributed by atoms with Gasteiger partial charge < -0.3 is 10.1 Å².